The molecule has 0 aliphatic heterocycles. The lowest BCUT2D eigenvalue weighted by atomic mass is 9.97. The molecule has 2 aromatic carbocycles. The third-order valence-electron chi connectivity index (χ3n) is 3.63. The van der Waals surface area contributed by atoms with Crippen molar-refractivity contribution in [2.45, 2.75) is 19.4 Å². The highest BCUT2D eigenvalue weighted by atomic mass is 127. The number of benzene rings is 2. The molecule has 21 heavy (non-hydrogen) atoms. The van der Waals surface area contributed by atoms with Crippen molar-refractivity contribution in [2.24, 2.45) is 0 Å². The molecule has 0 spiro atoms. The van der Waals surface area contributed by atoms with Crippen LogP contribution in [0.2, 0.25) is 0 Å². The highest BCUT2D eigenvalue weighted by Gasteiger charge is 2.17. The summed E-state index contributed by atoms with van der Waals surface area (Å²) in [6.07, 6.45) is 0.582. The fraction of sp³-hybridized carbons (Fsp3) is 0.294. The van der Waals surface area contributed by atoms with E-state index in [0.717, 1.165) is 0 Å². The van der Waals surface area contributed by atoms with Crippen LogP contribution < -0.4 is 10.1 Å². The van der Waals surface area contributed by atoms with Gasteiger partial charge < -0.3 is 10.1 Å². The largest absolute Gasteiger partial charge is 0.494 e. The first-order valence-corrected chi connectivity index (χ1v) is 7.90. The number of aryl methyl sites for hydroxylation is 1. The lowest BCUT2D eigenvalue weighted by Gasteiger charge is -2.20. The van der Waals surface area contributed by atoms with Crippen molar-refractivity contribution in [3.63, 3.8) is 0 Å². The number of nitrogens with one attached hydrogen (secondary N) is 1. The van der Waals surface area contributed by atoms with Crippen LogP contribution in [-0.2, 0) is 6.42 Å². The number of ether oxygens (including phenoxy) is 1. The molecule has 4 heteroatoms. The molecule has 0 aliphatic rings. The molecule has 0 saturated heterocycles. The lowest BCUT2D eigenvalue weighted by molar-refractivity contribution is 0.383. The van der Waals surface area contributed by atoms with Crippen molar-refractivity contribution in [3.8, 4) is 5.75 Å². The summed E-state index contributed by atoms with van der Waals surface area (Å²) in [5.74, 6) is 0.0178. The summed E-state index contributed by atoms with van der Waals surface area (Å²) in [7, 11) is 3.39. The molecule has 0 aromatic heterocycles. The fourth-order valence-electron chi connectivity index (χ4n) is 2.40. The Kier molecular flexibility index (Phi) is 5.58. The molecule has 0 saturated carbocycles. The highest BCUT2D eigenvalue weighted by Crippen LogP contribution is 2.28. The Morgan fingerprint density at radius 3 is 2.62 bits per heavy atom. The molecule has 1 N–H and O–H groups in total. The number of halogens is 2. The molecule has 0 radical (unpaired) electrons. The van der Waals surface area contributed by atoms with Gasteiger partial charge in [0.1, 0.15) is 0 Å². The van der Waals surface area contributed by atoms with Crippen molar-refractivity contribution in [2.75, 3.05) is 14.2 Å². The van der Waals surface area contributed by atoms with Crippen LogP contribution in [0.3, 0.4) is 0 Å². The number of rotatable bonds is 5. The summed E-state index contributed by atoms with van der Waals surface area (Å²) in [4.78, 5) is 0. The van der Waals surface area contributed by atoms with E-state index in [1.807, 2.05) is 25.2 Å². The standard InChI is InChI=1S/C17H19FINO/c1-11-6-4-8-13(17(11)19)14(20-2)10-12-7-5-9-15(21-3)16(12)18/h4-9,14,20H,10H2,1-3H3. The van der Waals surface area contributed by atoms with Crippen molar-refractivity contribution in [1.82, 2.24) is 5.32 Å². The molecule has 0 amide bonds. The molecule has 112 valence electrons. The van der Waals surface area contributed by atoms with E-state index in [4.69, 9.17) is 4.74 Å². The van der Waals surface area contributed by atoms with Crippen molar-refractivity contribution in [1.29, 1.82) is 0 Å². The van der Waals surface area contributed by atoms with E-state index in [-0.39, 0.29) is 11.9 Å². The van der Waals surface area contributed by atoms with Gasteiger partial charge in [0.05, 0.1) is 7.11 Å². The van der Waals surface area contributed by atoms with Gasteiger partial charge in [-0.15, -0.1) is 0 Å². The van der Waals surface area contributed by atoms with Gasteiger partial charge in [-0.25, -0.2) is 4.39 Å². The van der Waals surface area contributed by atoms with Crippen molar-refractivity contribution in [3.05, 3.63) is 62.5 Å². The Bertz CT molecular complexity index is 630. The second-order valence-electron chi connectivity index (χ2n) is 4.96. The van der Waals surface area contributed by atoms with Crippen LogP contribution in [0.25, 0.3) is 0 Å². The van der Waals surface area contributed by atoms with Crippen LogP contribution in [0.1, 0.15) is 22.7 Å². The summed E-state index contributed by atoms with van der Waals surface area (Å²) in [5, 5.41) is 3.29. The van der Waals surface area contributed by atoms with Crippen LogP contribution in [0, 0.1) is 16.3 Å². The minimum absolute atomic E-state index is 0.0680. The molecule has 0 aliphatic carbocycles. The highest BCUT2D eigenvalue weighted by molar-refractivity contribution is 14.1. The zero-order chi connectivity index (χ0) is 15.4. The predicted molar refractivity (Wildman–Crippen MR) is 92.4 cm³/mol. The third kappa shape index (κ3) is 3.55. The SMILES string of the molecule is CNC(Cc1cccc(OC)c1F)c1cccc(C)c1I. The summed E-state index contributed by atoms with van der Waals surface area (Å²) in [5.41, 5.74) is 3.09. The molecule has 0 bridgehead atoms. The van der Waals surface area contributed by atoms with Crippen LogP contribution in [-0.4, -0.2) is 14.2 Å². The second-order valence-corrected chi connectivity index (χ2v) is 6.04. The molecule has 0 fully saturated rings. The van der Waals surface area contributed by atoms with Gasteiger partial charge >= 0.3 is 0 Å². The Hall–Kier alpha value is -1.14. The minimum atomic E-state index is -0.275. The molecule has 2 rings (SSSR count). The molecule has 2 aromatic rings. The minimum Gasteiger partial charge on any atom is -0.494 e. The Balaban J connectivity index is 2.34. The van der Waals surface area contributed by atoms with E-state index < -0.39 is 0 Å². The number of likely N-dealkylation sites (N-methyl/N-ethyl adjacent to an activating group) is 1. The van der Waals surface area contributed by atoms with E-state index >= 15 is 0 Å². The summed E-state index contributed by atoms with van der Waals surface area (Å²) >= 11 is 2.35. The zero-order valence-electron chi connectivity index (χ0n) is 12.4. The van der Waals surface area contributed by atoms with Gasteiger partial charge in [-0.2, -0.15) is 0 Å². The van der Waals surface area contributed by atoms with Gasteiger partial charge in [0, 0.05) is 9.61 Å². The quantitative estimate of drug-likeness (QED) is 0.760. The molecule has 2 nitrogen and oxygen atoms in total. The van der Waals surface area contributed by atoms with Gasteiger partial charge in [0.15, 0.2) is 11.6 Å². The molecule has 1 unspecified atom stereocenters. The summed E-state index contributed by atoms with van der Waals surface area (Å²) in [6, 6.07) is 11.6. The second kappa shape index (κ2) is 7.22. The number of hydrogen-bond donors (Lipinski definition) is 1. The first-order valence-electron chi connectivity index (χ1n) is 6.82. The van der Waals surface area contributed by atoms with Crippen LogP contribution in [0.4, 0.5) is 4.39 Å². The van der Waals surface area contributed by atoms with Gasteiger partial charge in [-0.3, -0.25) is 0 Å². The summed E-state index contributed by atoms with van der Waals surface area (Å²) < 4.78 is 20.6. The van der Waals surface area contributed by atoms with Crippen LogP contribution >= 0.6 is 22.6 Å². The van der Waals surface area contributed by atoms with Gasteiger partial charge in [0.25, 0.3) is 0 Å². The molecule has 0 heterocycles. The topological polar surface area (TPSA) is 21.3 Å². The zero-order valence-corrected chi connectivity index (χ0v) is 14.6. The van der Waals surface area contributed by atoms with Gasteiger partial charge in [-0.05, 0) is 65.7 Å². The maximum absolute atomic E-state index is 14.3. The first kappa shape index (κ1) is 16.2. The molecule has 1 atom stereocenters. The maximum atomic E-state index is 14.3. The van der Waals surface area contributed by atoms with Crippen LogP contribution in [0.15, 0.2) is 36.4 Å². The Morgan fingerprint density at radius 2 is 1.95 bits per heavy atom. The summed E-state index contributed by atoms with van der Waals surface area (Å²) in [6.45, 7) is 2.09. The average molecular weight is 399 g/mol. The number of hydrogen-bond acceptors (Lipinski definition) is 2. The smallest absolute Gasteiger partial charge is 0.168 e. The van der Waals surface area contributed by atoms with E-state index in [1.165, 1.54) is 21.8 Å². The lowest BCUT2D eigenvalue weighted by Crippen LogP contribution is -2.20. The predicted octanol–water partition coefficient (Wildman–Crippen LogP) is 4.25. The van der Waals surface area contributed by atoms with E-state index in [9.17, 15) is 4.39 Å². The number of methoxy groups -OCH3 is 1. The normalized spacial score (nSPS) is 12.2. The maximum Gasteiger partial charge on any atom is 0.168 e. The first-order chi connectivity index (χ1) is 10.1. The van der Waals surface area contributed by atoms with Crippen molar-refractivity contribution >= 4 is 22.6 Å². The monoisotopic (exact) mass is 399 g/mol. The van der Waals surface area contributed by atoms with Crippen molar-refractivity contribution < 1.29 is 9.13 Å². The van der Waals surface area contributed by atoms with Crippen LogP contribution in [0.5, 0.6) is 5.75 Å². The van der Waals surface area contributed by atoms with Gasteiger partial charge in [0.2, 0.25) is 0 Å². The third-order valence-corrected chi connectivity index (χ3v) is 5.11. The van der Waals surface area contributed by atoms with E-state index in [0.29, 0.717) is 17.7 Å². The molecular formula is C17H19FINO. The molecular weight excluding hydrogens is 380 g/mol. The van der Waals surface area contributed by atoms with E-state index in [2.05, 4.69) is 47.0 Å². The van der Waals surface area contributed by atoms with E-state index in [1.54, 1.807) is 6.07 Å². The Morgan fingerprint density at radius 1 is 1.24 bits per heavy atom. The fourth-order valence-corrected chi connectivity index (χ4v) is 3.13. The average Bonchev–Trinajstić information content (AvgIpc) is 2.49. The Labute approximate surface area is 138 Å². The van der Waals surface area contributed by atoms with Gasteiger partial charge in [-0.1, -0.05) is 30.3 Å².